The zero-order valence-electron chi connectivity index (χ0n) is 22.7. The van der Waals surface area contributed by atoms with Crippen LogP contribution in [0.1, 0.15) is 42.3 Å². The summed E-state index contributed by atoms with van der Waals surface area (Å²) < 4.78 is 85.1. The molecule has 42 heavy (non-hydrogen) atoms. The third kappa shape index (κ3) is 6.71. The average molecular weight is 608 g/mol. The minimum atomic E-state index is -4.40. The Kier molecular flexibility index (Phi) is 9.16. The number of hydrogen-bond donors (Lipinski definition) is 2. The van der Waals surface area contributed by atoms with Gasteiger partial charge in [0.15, 0.2) is 0 Å². The zero-order valence-corrected chi connectivity index (χ0v) is 23.5. The molecule has 0 aliphatic heterocycles. The molecule has 0 unspecified atom stereocenters. The molecule has 1 aliphatic rings. The maximum absolute atomic E-state index is 15.2. The van der Waals surface area contributed by atoms with Crippen molar-refractivity contribution in [1.82, 2.24) is 19.4 Å². The van der Waals surface area contributed by atoms with Gasteiger partial charge in [0.25, 0.3) is 16.5 Å². The average Bonchev–Trinajstić information content (AvgIpc) is 3.35. The summed E-state index contributed by atoms with van der Waals surface area (Å²) in [6, 6.07) is 11.0. The molecule has 0 amide bonds. The topological polar surface area (TPSA) is 117 Å². The summed E-state index contributed by atoms with van der Waals surface area (Å²) in [7, 11) is -0.403. The van der Waals surface area contributed by atoms with Gasteiger partial charge in [-0.15, -0.1) is 0 Å². The molecular formula is C28H29F4N5O4S. The Balaban J connectivity index is 0.00000129. The van der Waals surface area contributed by atoms with Crippen molar-refractivity contribution in [3.8, 4) is 0 Å². The lowest BCUT2D eigenvalue weighted by molar-refractivity contribution is -0.137. The van der Waals surface area contributed by atoms with Crippen molar-refractivity contribution >= 4 is 33.2 Å². The van der Waals surface area contributed by atoms with E-state index in [1.807, 2.05) is 29.8 Å². The molecular weight excluding hydrogens is 578 g/mol. The lowest BCUT2D eigenvalue weighted by Crippen LogP contribution is -2.40. The molecule has 1 saturated carbocycles. The van der Waals surface area contributed by atoms with Gasteiger partial charge in [-0.05, 0) is 75.2 Å². The summed E-state index contributed by atoms with van der Waals surface area (Å²) >= 11 is 0. The number of nitrogens with one attached hydrogen (secondary N) is 1. The number of carboxylic acid groups (broad SMARTS) is 1. The number of sulfonamides is 1. The highest BCUT2D eigenvalue weighted by atomic mass is 32.2. The van der Waals surface area contributed by atoms with Crippen molar-refractivity contribution in [3.63, 3.8) is 0 Å². The normalized spacial score (nSPS) is 19.3. The number of nitrogens with zero attached hydrogens (tertiary/aromatic N) is 4. The van der Waals surface area contributed by atoms with Gasteiger partial charge >= 0.3 is 6.18 Å². The number of hydrogen-bond acceptors (Lipinski definition) is 6. The van der Waals surface area contributed by atoms with Crippen LogP contribution in [0, 0.1) is 5.82 Å². The third-order valence-corrected chi connectivity index (χ3v) is 8.74. The number of halogens is 4. The van der Waals surface area contributed by atoms with E-state index in [4.69, 9.17) is 9.90 Å². The number of rotatable bonds is 6. The molecule has 2 aromatic carbocycles. The van der Waals surface area contributed by atoms with E-state index in [2.05, 4.69) is 14.7 Å². The first-order chi connectivity index (χ1) is 19.9. The van der Waals surface area contributed by atoms with Crippen molar-refractivity contribution in [3.05, 3.63) is 84.2 Å². The molecule has 1 fully saturated rings. The van der Waals surface area contributed by atoms with Gasteiger partial charge in [-0.2, -0.15) is 13.2 Å². The van der Waals surface area contributed by atoms with Gasteiger partial charge in [-0.3, -0.25) is 9.52 Å². The van der Waals surface area contributed by atoms with Crippen LogP contribution in [0.3, 0.4) is 0 Å². The number of fused-ring (bicyclic) bond motifs is 1. The van der Waals surface area contributed by atoms with Crippen LogP contribution in [0.4, 0.5) is 23.4 Å². The fraction of sp³-hybridized carbons (Fsp3) is 0.321. The first kappa shape index (κ1) is 30.9. The molecule has 224 valence electrons. The molecule has 2 N–H and O–H groups in total. The standard InChI is InChI=1S/C27H27F4N5O2S.CH2O2/c1-35(2)24-13-18(17-4-3-5-20(12-17)27(29,30)31)6-7-22(24)36-11-9-19-14-25(21(28)15-23(19)36)39(37,38)34-26-8-10-32-16-33-26;2-1-3/h3-5,8-12,14-16,18,22,24H,6-7,13H2,1-2H3,(H,32,33,34);1H,(H,2,3)/t18-,22-,24-;/m0./s1. The summed E-state index contributed by atoms with van der Waals surface area (Å²) in [5, 5.41) is 7.44. The number of alkyl halides is 3. The third-order valence-electron chi connectivity index (χ3n) is 7.37. The van der Waals surface area contributed by atoms with Crippen LogP contribution in [0.5, 0.6) is 0 Å². The predicted octanol–water partition coefficient (Wildman–Crippen LogP) is 5.53. The Labute approximate surface area is 239 Å². The largest absolute Gasteiger partial charge is 0.483 e. The SMILES string of the molecule is CN(C)[C@H]1C[C@@H](c2cccc(C(F)(F)F)c2)CC[C@@H]1n1ccc2cc(S(=O)(=O)Nc3ccncn3)c(F)cc21.O=CO. The highest BCUT2D eigenvalue weighted by Crippen LogP contribution is 2.43. The number of aromatic nitrogens is 3. The second-order valence-electron chi connectivity index (χ2n) is 10.1. The van der Waals surface area contributed by atoms with E-state index in [1.54, 1.807) is 12.1 Å². The fourth-order valence-corrected chi connectivity index (χ4v) is 6.58. The van der Waals surface area contributed by atoms with Crippen molar-refractivity contribution < 1.29 is 35.9 Å². The molecule has 3 atom stereocenters. The minimum Gasteiger partial charge on any atom is -0.483 e. The summed E-state index contributed by atoms with van der Waals surface area (Å²) in [5.74, 6) is -0.935. The molecule has 0 spiro atoms. The smallest absolute Gasteiger partial charge is 0.416 e. The lowest BCUT2D eigenvalue weighted by atomic mass is 9.77. The molecule has 2 aromatic heterocycles. The molecule has 1 aliphatic carbocycles. The molecule has 0 radical (unpaired) electrons. The summed E-state index contributed by atoms with van der Waals surface area (Å²) in [6.45, 7) is -0.250. The summed E-state index contributed by atoms with van der Waals surface area (Å²) in [6.07, 6.45) is 1.89. The quantitative estimate of drug-likeness (QED) is 0.219. The number of benzene rings is 2. The van der Waals surface area contributed by atoms with Crippen molar-refractivity contribution in [2.45, 2.75) is 48.3 Å². The molecule has 4 aromatic rings. The fourth-order valence-electron chi connectivity index (χ4n) is 5.48. The van der Waals surface area contributed by atoms with Crippen LogP contribution in [-0.4, -0.2) is 59.6 Å². The van der Waals surface area contributed by atoms with Crippen LogP contribution in [0.2, 0.25) is 0 Å². The van der Waals surface area contributed by atoms with Crippen molar-refractivity contribution in [2.24, 2.45) is 0 Å². The van der Waals surface area contributed by atoms with E-state index >= 15 is 4.39 Å². The van der Waals surface area contributed by atoms with E-state index in [0.717, 1.165) is 6.07 Å². The zero-order chi connectivity index (χ0) is 30.7. The summed E-state index contributed by atoms with van der Waals surface area (Å²) in [4.78, 5) is 17.5. The Hall–Kier alpha value is -4.04. The number of anilines is 1. The molecule has 2 heterocycles. The van der Waals surface area contributed by atoms with Gasteiger partial charge in [-0.25, -0.2) is 22.8 Å². The maximum atomic E-state index is 15.2. The summed E-state index contributed by atoms with van der Waals surface area (Å²) in [5.41, 5.74) is 0.544. The number of likely N-dealkylation sites (N-methyl/N-ethyl adjacent to an activating group) is 1. The second kappa shape index (κ2) is 12.4. The first-order valence-electron chi connectivity index (χ1n) is 12.9. The molecule has 0 bridgehead atoms. The van der Waals surface area contributed by atoms with Gasteiger partial charge < -0.3 is 14.6 Å². The Morgan fingerprint density at radius 3 is 2.50 bits per heavy atom. The first-order valence-corrected chi connectivity index (χ1v) is 14.3. The van der Waals surface area contributed by atoms with Crippen molar-refractivity contribution in [2.75, 3.05) is 18.8 Å². The number of carbonyl (C=O) groups is 1. The highest BCUT2D eigenvalue weighted by Gasteiger charge is 2.36. The van der Waals surface area contributed by atoms with Gasteiger partial charge in [0.2, 0.25) is 0 Å². The van der Waals surface area contributed by atoms with E-state index in [1.165, 1.54) is 42.9 Å². The van der Waals surface area contributed by atoms with E-state index < -0.39 is 32.5 Å². The monoisotopic (exact) mass is 607 g/mol. The van der Waals surface area contributed by atoms with Crippen LogP contribution >= 0.6 is 0 Å². The van der Waals surface area contributed by atoms with Gasteiger partial charge in [0.1, 0.15) is 22.9 Å². The van der Waals surface area contributed by atoms with E-state index in [0.29, 0.717) is 35.7 Å². The van der Waals surface area contributed by atoms with Crippen LogP contribution in [0.25, 0.3) is 10.9 Å². The Bertz CT molecular complexity index is 1650. The van der Waals surface area contributed by atoms with E-state index in [-0.39, 0.29) is 30.3 Å². The van der Waals surface area contributed by atoms with E-state index in [9.17, 15) is 21.6 Å². The predicted molar refractivity (Wildman–Crippen MR) is 148 cm³/mol. The molecule has 9 nitrogen and oxygen atoms in total. The minimum absolute atomic E-state index is 0.0217. The van der Waals surface area contributed by atoms with Gasteiger partial charge in [0.05, 0.1) is 11.1 Å². The van der Waals surface area contributed by atoms with Crippen LogP contribution < -0.4 is 4.72 Å². The van der Waals surface area contributed by atoms with Crippen LogP contribution in [0.15, 0.2) is 72.1 Å². The maximum Gasteiger partial charge on any atom is 0.416 e. The highest BCUT2D eigenvalue weighted by molar-refractivity contribution is 7.92. The Morgan fingerprint density at radius 2 is 1.86 bits per heavy atom. The molecule has 14 heteroatoms. The molecule has 5 rings (SSSR count). The van der Waals surface area contributed by atoms with Crippen molar-refractivity contribution in [1.29, 1.82) is 0 Å². The lowest BCUT2D eigenvalue weighted by Gasteiger charge is -2.41. The van der Waals surface area contributed by atoms with Gasteiger partial charge in [-0.1, -0.05) is 18.2 Å². The second-order valence-corrected chi connectivity index (χ2v) is 11.8. The Morgan fingerprint density at radius 1 is 1.12 bits per heavy atom. The van der Waals surface area contributed by atoms with Crippen LogP contribution in [-0.2, 0) is 21.0 Å². The van der Waals surface area contributed by atoms with Gasteiger partial charge in [0, 0.05) is 29.9 Å². The molecule has 0 saturated heterocycles.